The van der Waals surface area contributed by atoms with Crippen LogP contribution in [0.5, 0.6) is 0 Å². The van der Waals surface area contributed by atoms with Crippen LogP contribution < -0.4 is 59.5 Å². The molecule has 2 aliphatic heterocycles. The van der Waals surface area contributed by atoms with Crippen molar-refractivity contribution in [1.82, 2.24) is 48.0 Å². The summed E-state index contributed by atoms with van der Waals surface area (Å²) in [7, 11) is 0. The van der Waals surface area contributed by atoms with Crippen LogP contribution in [-0.4, -0.2) is 138 Å². The molecule has 0 saturated carbocycles. The number of hydrogen-bond acceptors (Lipinski definition) is 13. The molecule has 57 heavy (non-hydrogen) atoms. The second-order valence-corrected chi connectivity index (χ2v) is 15.2. The van der Waals surface area contributed by atoms with Gasteiger partial charge in [-0.1, -0.05) is 12.8 Å². The summed E-state index contributed by atoms with van der Waals surface area (Å²) in [6.07, 6.45) is 4.98. The number of hydrogen-bond donors (Lipinski definition) is 13. The van der Waals surface area contributed by atoms with Crippen LogP contribution in [0.1, 0.15) is 77.6 Å². The summed E-state index contributed by atoms with van der Waals surface area (Å²) in [6, 6.07) is -3.54. The minimum atomic E-state index is -1.48. The van der Waals surface area contributed by atoms with E-state index in [2.05, 4.69) is 42.5 Å². The molecule has 0 spiro atoms. The number of unbranched alkanes of at least 4 members (excludes halogenated alkanes) is 3. The van der Waals surface area contributed by atoms with Gasteiger partial charge in [0.25, 0.3) is 0 Å². The highest BCUT2D eigenvalue weighted by Gasteiger charge is 2.42. The maximum atomic E-state index is 12.7. The van der Waals surface area contributed by atoms with Gasteiger partial charge in [-0.2, -0.15) is 11.8 Å². The number of amides is 10. The van der Waals surface area contributed by atoms with Gasteiger partial charge >= 0.3 is 6.03 Å². The van der Waals surface area contributed by atoms with Crippen LogP contribution in [0, 0.1) is 5.92 Å². The minimum absolute atomic E-state index is 0.0852. The Labute approximate surface area is 335 Å². The molecule has 22 nitrogen and oxygen atoms in total. The summed E-state index contributed by atoms with van der Waals surface area (Å²) in [6.45, 7) is 0.0832. The third-order valence-corrected chi connectivity index (χ3v) is 10.9. The molecule has 1 unspecified atom stereocenters. The molecule has 2 fully saturated rings. The van der Waals surface area contributed by atoms with Crippen molar-refractivity contribution in [3.63, 3.8) is 0 Å². The number of urea groups is 1. The first-order chi connectivity index (χ1) is 27.2. The highest BCUT2D eigenvalue weighted by Crippen LogP contribution is 2.33. The van der Waals surface area contributed by atoms with Gasteiger partial charge in [0.15, 0.2) is 0 Å². The number of nitrogens with one attached hydrogen (secondary N) is 9. The van der Waals surface area contributed by atoms with E-state index in [9.17, 15) is 48.3 Å². The van der Waals surface area contributed by atoms with E-state index >= 15 is 0 Å². The molecule has 0 aromatic heterocycles. The fraction of sp³-hybridized carbons (Fsp3) is 0.735. The van der Waals surface area contributed by atoms with E-state index in [0.717, 1.165) is 25.0 Å². The van der Waals surface area contributed by atoms with Gasteiger partial charge in [-0.15, -0.1) is 0 Å². The largest absolute Gasteiger partial charge is 0.394 e. The molecule has 7 atom stereocenters. The number of primary amides is 1. The van der Waals surface area contributed by atoms with Crippen molar-refractivity contribution in [2.75, 3.05) is 38.5 Å². The molecule has 2 rings (SSSR count). The summed E-state index contributed by atoms with van der Waals surface area (Å²) in [5.74, 6) is -5.65. The van der Waals surface area contributed by atoms with Crippen molar-refractivity contribution in [1.29, 1.82) is 0 Å². The maximum Gasteiger partial charge on any atom is 0.315 e. The van der Waals surface area contributed by atoms with Crippen LogP contribution in [0.3, 0.4) is 0 Å². The molecular weight excluding hydrogens is 771 g/mol. The lowest BCUT2D eigenvalue weighted by Gasteiger charge is -2.22. The standard InChI is InChI=1S/C34H59N11O11S/c1-19(40-33(54)22(17-46)42-32(53)20(8-4-6-12-35)14-26(48)45-56)31(52)39-15-27(49)38-16-28(50)41-21(30(36)51)9-5-7-13-37-25(47)11-3-2-10-24-29-23(18-57-24)43-34(55)44-29/h19-24,29,46,56H,2-18,35H2,1H3,(H2,36,51)(H,37,47)(H,38,49)(H,39,52)(H,40,54)(H,41,50)(H,42,53)(H,45,48)(H2,43,44,55)/t19-,20?,21-,22-,23-,24-,29-/m0/s1. The Hall–Kier alpha value is -4.74. The second kappa shape index (κ2) is 26.2. The molecule has 15 N–H and O–H groups in total. The van der Waals surface area contributed by atoms with E-state index in [1.165, 1.54) is 12.4 Å². The molecule has 0 aliphatic carbocycles. The number of thioether (sulfide) groups is 1. The molecule has 2 saturated heterocycles. The van der Waals surface area contributed by atoms with Gasteiger partial charge in [-0.05, 0) is 58.4 Å². The third-order valence-electron chi connectivity index (χ3n) is 9.37. The zero-order chi connectivity index (χ0) is 42.3. The molecule has 0 radical (unpaired) electrons. The molecule has 23 heteroatoms. The highest BCUT2D eigenvalue weighted by molar-refractivity contribution is 8.00. The number of fused-ring (bicyclic) bond motifs is 1. The third kappa shape index (κ3) is 18.4. The van der Waals surface area contributed by atoms with Gasteiger partial charge < -0.3 is 59.1 Å². The number of carbonyl (C=O) groups excluding carboxylic acids is 9. The van der Waals surface area contributed by atoms with E-state index in [0.29, 0.717) is 50.4 Å². The lowest BCUT2D eigenvalue weighted by atomic mass is 9.96. The Morgan fingerprint density at radius 2 is 1.51 bits per heavy atom. The predicted molar refractivity (Wildman–Crippen MR) is 206 cm³/mol. The van der Waals surface area contributed by atoms with Crippen LogP contribution in [0.2, 0.25) is 0 Å². The molecule has 0 aromatic rings. The predicted octanol–water partition coefficient (Wildman–Crippen LogP) is -4.18. The molecule has 2 heterocycles. The molecule has 2 aliphatic rings. The van der Waals surface area contributed by atoms with Crippen molar-refractivity contribution in [2.24, 2.45) is 17.4 Å². The summed E-state index contributed by atoms with van der Waals surface area (Å²) < 4.78 is 0. The fourth-order valence-electron chi connectivity index (χ4n) is 6.15. The Kier molecular flexibility index (Phi) is 22.3. The van der Waals surface area contributed by atoms with Crippen LogP contribution in [0.25, 0.3) is 0 Å². The number of aliphatic hydroxyl groups is 1. The minimum Gasteiger partial charge on any atom is -0.394 e. The monoisotopic (exact) mass is 829 g/mol. The van der Waals surface area contributed by atoms with E-state index in [4.69, 9.17) is 16.7 Å². The van der Waals surface area contributed by atoms with Crippen molar-refractivity contribution < 1.29 is 53.5 Å². The number of rotatable bonds is 28. The van der Waals surface area contributed by atoms with Gasteiger partial charge in [-0.3, -0.25) is 43.6 Å². The molecular formula is C34H59N11O11S. The first-order valence-electron chi connectivity index (χ1n) is 19.1. The van der Waals surface area contributed by atoms with E-state index < -0.39 is 85.1 Å². The van der Waals surface area contributed by atoms with Crippen molar-refractivity contribution in [3.8, 4) is 0 Å². The Morgan fingerprint density at radius 1 is 0.789 bits per heavy atom. The molecule has 0 aromatic carbocycles. The van der Waals surface area contributed by atoms with E-state index in [1.807, 2.05) is 11.8 Å². The zero-order valence-electron chi connectivity index (χ0n) is 32.2. The summed E-state index contributed by atoms with van der Waals surface area (Å²) >= 11 is 1.83. The number of carbonyl (C=O) groups is 9. The molecule has 322 valence electrons. The number of nitrogens with two attached hydrogens (primary N) is 2. The normalized spacial score (nSPS) is 18.9. The van der Waals surface area contributed by atoms with Crippen LogP contribution >= 0.6 is 11.8 Å². The lowest BCUT2D eigenvalue weighted by Crippen LogP contribution is -2.55. The van der Waals surface area contributed by atoms with Crippen molar-refractivity contribution in [2.45, 2.75) is 113 Å². The van der Waals surface area contributed by atoms with Crippen LogP contribution in [-0.2, 0) is 38.4 Å². The second-order valence-electron chi connectivity index (χ2n) is 13.9. The first kappa shape index (κ1) is 48.4. The summed E-state index contributed by atoms with van der Waals surface area (Å²) in [4.78, 5) is 110. The fourth-order valence-corrected chi connectivity index (χ4v) is 7.69. The summed E-state index contributed by atoms with van der Waals surface area (Å²) in [5, 5.41) is 39.2. The van der Waals surface area contributed by atoms with Gasteiger partial charge in [0.2, 0.25) is 47.3 Å². The quantitative estimate of drug-likeness (QED) is 0.0154. The first-order valence-corrected chi connectivity index (χ1v) is 20.2. The highest BCUT2D eigenvalue weighted by atomic mass is 32.2. The Morgan fingerprint density at radius 3 is 2.19 bits per heavy atom. The average molecular weight is 830 g/mol. The SMILES string of the molecule is C[C@H](NC(=O)[C@H](CO)NC(=O)C(CCCCN)CC(=O)NO)C(=O)NCC(=O)NCC(=O)N[C@@H](CCCCNC(=O)CCCC[C@@H]1SC[C@@H]2NC(=O)N[C@@H]21)C(N)=O. The Balaban J connectivity index is 1.62. The lowest BCUT2D eigenvalue weighted by molar-refractivity contribution is -0.137. The van der Waals surface area contributed by atoms with Gasteiger partial charge in [0.05, 0.1) is 31.8 Å². The summed E-state index contributed by atoms with van der Waals surface area (Å²) in [5.41, 5.74) is 12.3. The average Bonchev–Trinajstić information content (AvgIpc) is 3.74. The maximum absolute atomic E-state index is 12.7. The topological polar surface area (TPSA) is 354 Å². The van der Waals surface area contributed by atoms with E-state index in [-0.39, 0.29) is 43.3 Å². The number of hydroxylamine groups is 1. The zero-order valence-corrected chi connectivity index (χ0v) is 33.0. The number of aliphatic hydroxyl groups excluding tert-OH is 1. The van der Waals surface area contributed by atoms with Gasteiger partial charge in [-0.25, -0.2) is 10.3 Å². The van der Waals surface area contributed by atoms with Crippen LogP contribution in [0.4, 0.5) is 4.79 Å². The van der Waals surface area contributed by atoms with Crippen molar-refractivity contribution in [3.05, 3.63) is 0 Å². The van der Waals surface area contributed by atoms with Crippen LogP contribution in [0.15, 0.2) is 0 Å². The molecule has 10 amide bonds. The van der Waals surface area contributed by atoms with Gasteiger partial charge in [0, 0.05) is 36.3 Å². The van der Waals surface area contributed by atoms with Gasteiger partial charge in [0.1, 0.15) is 18.1 Å². The Bertz CT molecular complexity index is 1410. The molecule has 0 bridgehead atoms. The van der Waals surface area contributed by atoms with Crippen molar-refractivity contribution >= 4 is 65.1 Å². The van der Waals surface area contributed by atoms with E-state index in [1.54, 1.807) is 0 Å². The smallest absolute Gasteiger partial charge is 0.315 e.